The lowest BCUT2D eigenvalue weighted by Crippen LogP contribution is -2.53. The van der Waals surface area contributed by atoms with Crippen molar-refractivity contribution in [1.29, 1.82) is 0 Å². The molecule has 0 heterocycles. The number of hydrogen-bond acceptors (Lipinski definition) is 5. The molecule has 0 fully saturated rings. The Labute approximate surface area is 186 Å². The third-order valence-corrected chi connectivity index (χ3v) is 4.71. The molecule has 1 rings (SSSR count). The maximum Gasteiger partial charge on any atom is 0.417 e. The van der Waals surface area contributed by atoms with Gasteiger partial charge in [-0.1, -0.05) is 50.3 Å². The van der Waals surface area contributed by atoms with Crippen LogP contribution in [0.4, 0.5) is 4.79 Å². The molecule has 0 bridgehead atoms. The van der Waals surface area contributed by atoms with Crippen LogP contribution in [0.1, 0.15) is 59.4 Å². The minimum Gasteiger partial charge on any atom is -0.467 e. The first-order valence-electron chi connectivity index (χ1n) is 10.8. The summed E-state index contributed by atoms with van der Waals surface area (Å²) in [6.45, 7) is 13.0. The summed E-state index contributed by atoms with van der Waals surface area (Å²) in [6, 6.07) is 8.12. The molecule has 0 radical (unpaired) electrons. The molecule has 1 aromatic carbocycles. The second kappa shape index (κ2) is 12.3. The summed E-state index contributed by atoms with van der Waals surface area (Å²) in [4.78, 5) is 40.5. The van der Waals surface area contributed by atoms with E-state index in [9.17, 15) is 14.4 Å². The Balaban J connectivity index is 3.41. The lowest BCUT2D eigenvalue weighted by molar-refractivity contribution is -0.154. The van der Waals surface area contributed by atoms with Crippen molar-refractivity contribution < 1.29 is 23.9 Å². The molecule has 1 aromatic rings. The first-order chi connectivity index (χ1) is 14.5. The van der Waals surface area contributed by atoms with Crippen LogP contribution in [0, 0.1) is 11.8 Å². The number of allylic oxidation sites excluding steroid dienone is 1. The van der Waals surface area contributed by atoms with Crippen molar-refractivity contribution in [3.8, 4) is 0 Å². The molecule has 6 heteroatoms. The average molecular weight is 432 g/mol. The molecule has 0 N–H and O–H groups in total. The highest BCUT2D eigenvalue weighted by Crippen LogP contribution is 2.25. The van der Waals surface area contributed by atoms with Crippen LogP contribution >= 0.6 is 0 Å². The van der Waals surface area contributed by atoms with Crippen molar-refractivity contribution >= 4 is 18.0 Å². The van der Waals surface area contributed by atoms with Crippen molar-refractivity contribution in [2.24, 2.45) is 11.8 Å². The quantitative estimate of drug-likeness (QED) is 0.378. The standard InChI is InChI=1S/C25H37NO5/c1-8-9-15-20(16-18(2)3)22(27)26(24(29)31-25(4,5)6)21(23(28)30-7)17-19-13-11-10-12-14-19/h8,10-14,18,20-21H,1,9,15-17H2,2-7H3/t20?,21-/m0/s1. The van der Waals surface area contributed by atoms with E-state index >= 15 is 0 Å². The van der Waals surface area contributed by atoms with Crippen LogP contribution in [0.2, 0.25) is 0 Å². The zero-order valence-electron chi connectivity index (χ0n) is 19.7. The first-order valence-corrected chi connectivity index (χ1v) is 10.8. The van der Waals surface area contributed by atoms with Gasteiger partial charge < -0.3 is 9.47 Å². The Hall–Kier alpha value is -2.63. The zero-order chi connectivity index (χ0) is 23.6. The molecular formula is C25H37NO5. The van der Waals surface area contributed by atoms with Crippen molar-refractivity contribution in [3.05, 3.63) is 48.6 Å². The summed E-state index contributed by atoms with van der Waals surface area (Å²) >= 11 is 0. The van der Waals surface area contributed by atoms with E-state index in [-0.39, 0.29) is 12.3 Å². The summed E-state index contributed by atoms with van der Waals surface area (Å²) < 4.78 is 10.5. The van der Waals surface area contributed by atoms with Gasteiger partial charge in [-0.25, -0.2) is 14.5 Å². The number of rotatable bonds is 10. The second-order valence-electron chi connectivity index (χ2n) is 9.11. The van der Waals surface area contributed by atoms with E-state index in [2.05, 4.69) is 6.58 Å². The molecule has 1 unspecified atom stereocenters. The molecule has 0 aliphatic heterocycles. The number of imide groups is 1. The molecular weight excluding hydrogens is 394 g/mol. The van der Waals surface area contributed by atoms with Gasteiger partial charge in [-0.3, -0.25) is 4.79 Å². The molecule has 31 heavy (non-hydrogen) atoms. The predicted molar refractivity (Wildman–Crippen MR) is 121 cm³/mol. The van der Waals surface area contributed by atoms with Gasteiger partial charge in [-0.2, -0.15) is 0 Å². The number of carbonyl (C=O) groups is 3. The molecule has 2 atom stereocenters. The third kappa shape index (κ3) is 8.95. The highest BCUT2D eigenvalue weighted by atomic mass is 16.6. The predicted octanol–water partition coefficient (Wildman–Crippen LogP) is 5.16. The fourth-order valence-corrected chi connectivity index (χ4v) is 3.36. The van der Waals surface area contributed by atoms with Gasteiger partial charge in [0.1, 0.15) is 11.6 Å². The van der Waals surface area contributed by atoms with Gasteiger partial charge in [0.25, 0.3) is 0 Å². The SMILES string of the molecule is C=CCCC(CC(C)C)C(=O)N(C(=O)OC(C)(C)C)[C@@H](Cc1ccccc1)C(=O)OC. The smallest absolute Gasteiger partial charge is 0.417 e. The number of hydrogen-bond donors (Lipinski definition) is 0. The molecule has 0 saturated heterocycles. The minimum absolute atomic E-state index is 0.147. The molecule has 0 aliphatic rings. The normalized spacial score (nSPS) is 13.3. The van der Waals surface area contributed by atoms with Crippen molar-refractivity contribution in [2.45, 2.75) is 71.9 Å². The number of nitrogens with zero attached hydrogens (tertiary/aromatic N) is 1. The van der Waals surface area contributed by atoms with Gasteiger partial charge in [-0.15, -0.1) is 6.58 Å². The molecule has 172 valence electrons. The highest BCUT2D eigenvalue weighted by Gasteiger charge is 2.41. The number of ether oxygens (including phenoxy) is 2. The van der Waals surface area contributed by atoms with E-state index in [0.717, 1.165) is 10.5 Å². The maximum absolute atomic E-state index is 13.6. The molecule has 0 aliphatic carbocycles. The van der Waals surface area contributed by atoms with Gasteiger partial charge in [0.15, 0.2) is 0 Å². The van der Waals surface area contributed by atoms with E-state index in [1.807, 2.05) is 44.2 Å². The van der Waals surface area contributed by atoms with Gasteiger partial charge in [0.2, 0.25) is 5.91 Å². The van der Waals surface area contributed by atoms with E-state index in [1.54, 1.807) is 26.8 Å². The van der Waals surface area contributed by atoms with Crippen LogP contribution in [0.25, 0.3) is 0 Å². The zero-order valence-corrected chi connectivity index (χ0v) is 19.7. The molecule has 0 aromatic heterocycles. The number of methoxy groups -OCH3 is 1. The van der Waals surface area contributed by atoms with Crippen molar-refractivity contribution in [2.75, 3.05) is 7.11 Å². The number of benzene rings is 1. The summed E-state index contributed by atoms with van der Waals surface area (Å²) in [5.74, 6) is -1.27. The highest BCUT2D eigenvalue weighted by molar-refractivity contribution is 5.98. The monoisotopic (exact) mass is 431 g/mol. The summed E-state index contributed by atoms with van der Waals surface area (Å²) in [5, 5.41) is 0. The Kier molecular flexibility index (Phi) is 10.5. The van der Waals surface area contributed by atoms with Crippen molar-refractivity contribution in [3.63, 3.8) is 0 Å². The first kappa shape index (κ1) is 26.4. The van der Waals surface area contributed by atoms with Crippen LogP contribution in [-0.2, 0) is 25.5 Å². The van der Waals surface area contributed by atoms with Gasteiger partial charge >= 0.3 is 12.1 Å². The van der Waals surface area contributed by atoms with E-state index in [0.29, 0.717) is 19.3 Å². The largest absolute Gasteiger partial charge is 0.467 e. The molecule has 2 amide bonds. The number of amides is 2. The topological polar surface area (TPSA) is 72.9 Å². The lowest BCUT2D eigenvalue weighted by Gasteiger charge is -2.33. The Morgan fingerprint density at radius 2 is 1.74 bits per heavy atom. The van der Waals surface area contributed by atoms with Crippen LogP contribution in [-0.4, -0.2) is 41.6 Å². The Morgan fingerprint density at radius 1 is 1.13 bits per heavy atom. The van der Waals surface area contributed by atoms with Gasteiger partial charge in [0, 0.05) is 12.3 Å². The average Bonchev–Trinajstić information content (AvgIpc) is 2.69. The van der Waals surface area contributed by atoms with Gasteiger partial charge in [0.05, 0.1) is 7.11 Å². The van der Waals surface area contributed by atoms with Crippen molar-refractivity contribution in [1.82, 2.24) is 4.90 Å². The molecule has 6 nitrogen and oxygen atoms in total. The number of carbonyl (C=O) groups excluding carboxylic acids is 3. The molecule has 0 saturated carbocycles. The van der Waals surface area contributed by atoms with Gasteiger partial charge in [-0.05, 0) is 51.5 Å². The maximum atomic E-state index is 13.6. The van der Waals surface area contributed by atoms with Crippen LogP contribution in [0.15, 0.2) is 43.0 Å². The number of esters is 1. The van der Waals surface area contributed by atoms with E-state index < -0.39 is 35.5 Å². The summed E-state index contributed by atoms with van der Waals surface area (Å²) in [7, 11) is 1.25. The fraction of sp³-hybridized carbons (Fsp3) is 0.560. The molecule has 0 spiro atoms. The van der Waals surface area contributed by atoms with E-state index in [1.165, 1.54) is 7.11 Å². The summed E-state index contributed by atoms with van der Waals surface area (Å²) in [6.07, 6.45) is 2.82. The van der Waals surface area contributed by atoms with Crippen LogP contribution in [0.5, 0.6) is 0 Å². The third-order valence-electron chi connectivity index (χ3n) is 4.71. The lowest BCUT2D eigenvalue weighted by atomic mass is 9.90. The van der Waals surface area contributed by atoms with E-state index in [4.69, 9.17) is 9.47 Å². The van der Waals surface area contributed by atoms with Crippen LogP contribution < -0.4 is 0 Å². The Bertz CT molecular complexity index is 736. The second-order valence-corrected chi connectivity index (χ2v) is 9.11. The Morgan fingerprint density at radius 3 is 2.23 bits per heavy atom. The minimum atomic E-state index is -1.12. The summed E-state index contributed by atoms with van der Waals surface area (Å²) in [5.41, 5.74) is -0.0108. The fourth-order valence-electron chi connectivity index (χ4n) is 3.36. The van der Waals surface area contributed by atoms with Crippen LogP contribution in [0.3, 0.4) is 0 Å².